The van der Waals surface area contributed by atoms with Crippen molar-refractivity contribution in [2.45, 2.75) is 112 Å². The molecule has 234 valence electrons. The number of aryl methyl sites for hydroxylation is 1. The molecule has 1 N–H and O–H groups in total. The van der Waals surface area contributed by atoms with Gasteiger partial charge in [-0.05, 0) is 110 Å². The minimum Gasteiger partial charge on any atom is -0.481 e. The number of hydrogen-bond donors (Lipinski definition) is 1. The Morgan fingerprint density at radius 2 is 1.65 bits per heavy atom. The van der Waals surface area contributed by atoms with Crippen LogP contribution in [0.25, 0.3) is 0 Å². The molecule has 1 aromatic heterocycles. The zero-order chi connectivity index (χ0) is 31.4. The standard InChI is InChI=1S/C37H51NO5/c1-32(2)27-11-14-37(7)29(35(27,5)13-12-28(32)43-30(40)23-10-9-19-38(8)22-23)26(39)20-24-25-21-34(4,31(41)42)16-15-33(25,3)17-18-36(24,37)6/h9-10,19-20,22,25,27-29H,11-18,21H2,1-8H3/p+1/t25-,27-,28-,29+,33+,34-,35-,36+,37+/m0/s1. The molecule has 0 bridgehead atoms. The number of rotatable bonds is 3. The Morgan fingerprint density at radius 3 is 2.33 bits per heavy atom. The lowest BCUT2D eigenvalue weighted by molar-refractivity contribution is -0.671. The van der Waals surface area contributed by atoms with Crippen molar-refractivity contribution in [1.29, 1.82) is 0 Å². The number of aromatic nitrogens is 1. The molecule has 43 heavy (non-hydrogen) atoms. The summed E-state index contributed by atoms with van der Waals surface area (Å²) in [7, 11) is 1.90. The van der Waals surface area contributed by atoms with Crippen molar-refractivity contribution in [3.8, 4) is 0 Å². The molecule has 0 amide bonds. The monoisotopic (exact) mass is 590 g/mol. The van der Waals surface area contributed by atoms with E-state index in [0.717, 1.165) is 44.9 Å². The fourth-order valence-corrected chi connectivity index (χ4v) is 11.5. The number of fused-ring (bicyclic) bond motifs is 7. The summed E-state index contributed by atoms with van der Waals surface area (Å²) in [5.41, 5.74) is 0.289. The normalized spacial score (nSPS) is 45.0. The van der Waals surface area contributed by atoms with E-state index < -0.39 is 11.4 Å². The lowest BCUT2D eigenvalue weighted by Crippen LogP contribution is -2.66. The summed E-state index contributed by atoms with van der Waals surface area (Å²) >= 11 is 0. The fourth-order valence-electron chi connectivity index (χ4n) is 11.5. The summed E-state index contributed by atoms with van der Waals surface area (Å²) in [4.78, 5) is 40.2. The van der Waals surface area contributed by atoms with Crippen LogP contribution in [0.2, 0.25) is 0 Å². The maximum absolute atomic E-state index is 14.6. The Labute approximate surface area is 257 Å². The van der Waals surface area contributed by atoms with Gasteiger partial charge < -0.3 is 9.84 Å². The number of hydrogen-bond acceptors (Lipinski definition) is 4. The number of nitrogens with zero attached hydrogens (tertiary/aromatic N) is 1. The minimum atomic E-state index is -0.745. The molecule has 5 aliphatic carbocycles. The third kappa shape index (κ3) is 4.16. The number of esters is 1. The van der Waals surface area contributed by atoms with Gasteiger partial charge in [0.1, 0.15) is 18.7 Å². The van der Waals surface area contributed by atoms with E-state index in [1.807, 2.05) is 36.9 Å². The molecule has 1 aromatic rings. The van der Waals surface area contributed by atoms with Gasteiger partial charge in [-0.2, -0.15) is 0 Å². The van der Waals surface area contributed by atoms with Crippen molar-refractivity contribution in [2.24, 2.45) is 57.3 Å². The average Bonchev–Trinajstić information content (AvgIpc) is 2.92. The second kappa shape index (κ2) is 9.50. The van der Waals surface area contributed by atoms with Gasteiger partial charge in [0.25, 0.3) is 0 Å². The zero-order valence-electron chi connectivity index (χ0n) is 27.6. The third-order valence-corrected chi connectivity index (χ3v) is 14.5. The van der Waals surface area contributed by atoms with E-state index in [9.17, 15) is 19.5 Å². The largest absolute Gasteiger partial charge is 0.481 e. The maximum Gasteiger partial charge on any atom is 0.344 e. The summed E-state index contributed by atoms with van der Waals surface area (Å²) in [5, 5.41) is 10.2. The average molecular weight is 591 g/mol. The van der Waals surface area contributed by atoms with Gasteiger partial charge in [-0.1, -0.05) is 47.1 Å². The van der Waals surface area contributed by atoms with Gasteiger partial charge >= 0.3 is 11.9 Å². The lowest BCUT2D eigenvalue weighted by Gasteiger charge is -2.70. The van der Waals surface area contributed by atoms with Crippen LogP contribution < -0.4 is 4.57 Å². The molecule has 0 aromatic carbocycles. The number of carbonyl (C=O) groups excluding carboxylic acids is 2. The van der Waals surface area contributed by atoms with E-state index >= 15 is 0 Å². The number of carbonyl (C=O) groups is 3. The Hall–Kier alpha value is -2.50. The zero-order valence-corrected chi connectivity index (χ0v) is 27.6. The van der Waals surface area contributed by atoms with Gasteiger partial charge in [0.05, 0.1) is 5.41 Å². The first-order valence-corrected chi connectivity index (χ1v) is 16.6. The molecule has 5 aliphatic rings. The second-order valence-corrected chi connectivity index (χ2v) is 17.1. The van der Waals surface area contributed by atoms with Crippen LogP contribution in [-0.2, 0) is 21.4 Å². The Kier molecular flexibility index (Phi) is 6.74. The van der Waals surface area contributed by atoms with Crippen LogP contribution in [0.3, 0.4) is 0 Å². The van der Waals surface area contributed by atoms with Crippen LogP contribution in [0.4, 0.5) is 0 Å². The molecule has 6 nitrogen and oxygen atoms in total. The Morgan fingerprint density at radius 1 is 0.953 bits per heavy atom. The number of pyridine rings is 1. The van der Waals surface area contributed by atoms with E-state index in [1.165, 1.54) is 5.57 Å². The SMILES string of the molecule is C[n+]1cccc(C(=O)O[C@H]2CC[C@]3(C)[C@H]4C(=O)C=C5[C@@H]6C[C@@](C)(C(=O)O)CC[C@]6(C)CC[C@@]5(C)[C@]4(C)CC[C@H]3C2(C)C)c1. The van der Waals surface area contributed by atoms with E-state index in [4.69, 9.17) is 4.74 Å². The highest BCUT2D eigenvalue weighted by Gasteiger charge is 2.70. The topological polar surface area (TPSA) is 84.5 Å². The first kappa shape index (κ1) is 30.5. The summed E-state index contributed by atoms with van der Waals surface area (Å²) in [6.07, 6.45) is 13.4. The minimum absolute atomic E-state index is 0.0462. The molecule has 4 saturated carbocycles. The van der Waals surface area contributed by atoms with Crippen LogP contribution in [0.5, 0.6) is 0 Å². The fraction of sp³-hybridized carbons (Fsp3) is 0.730. The van der Waals surface area contributed by atoms with Crippen molar-refractivity contribution >= 4 is 17.7 Å². The van der Waals surface area contributed by atoms with Crippen LogP contribution in [0.15, 0.2) is 36.2 Å². The number of ether oxygens (including phenoxy) is 1. The van der Waals surface area contributed by atoms with Crippen molar-refractivity contribution in [1.82, 2.24) is 0 Å². The summed E-state index contributed by atoms with van der Waals surface area (Å²) in [6, 6.07) is 3.67. The molecule has 6 heteroatoms. The smallest absolute Gasteiger partial charge is 0.344 e. The highest BCUT2D eigenvalue weighted by molar-refractivity contribution is 5.96. The van der Waals surface area contributed by atoms with E-state index in [2.05, 4.69) is 41.5 Å². The molecule has 0 aliphatic heterocycles. The van der Waals surface area contributed by atoms with Gasteiger partial charge in [0.15, 0.2) is 18.2 Å². The molecule has 4 fully saturated rings. The summed E-state index contributed by atoms with van der Waals surface area (Å²) in [5.74, 6) is -0.467. The molecule has 9 atom stereocenters. The predicted octanol–water partition coefficient (Wildman–Crippen LogP) is 7.10. The van der Waals surface area contributed by atoms with Gasteiger partial charge in [0, 0.05) is 17.4 Å². The van der Waals surface area contributed by atoms with Crippen molar-refractivity contribution in [3.05, 3.63) is 41.7 Å². The molecule has 6 rings (SSSR count). The second-order valence-electron chi connectivity index (χ2n) is 17.1. The Bertz CT molecular complexity index is 1410. The number of carboxylic acids is 1. The molecule has 0 unspecified atom stereocenters. The highest BCUT2D eigenvalue weighted by Crippen LogP contribution is 2.75. The van der Waals surface area contributed by atoms with Crippen molar-refractivity contribution in [3.63, 3.8) is 0 Å². The van der Waals surface area contributed by atoms with Crippen LogP contribution in [0.1, 0.15) is 117 Å². The summed E-state index contributed by atoms with van der Waals surface area (Å²) in [6.45, 7) is 15.9. The molecular weight excluding hydrogens is 538 g/mol. The molecular formula is C37H52NO5+. The number of ketones is 1. The van der Waals surface area contributed by atoms with E-state index in [-0.39, 0.29) is 62.7 Å². The number of allylic oxidation sites excluding steroid dienone is 2. The number of carboxylic acid groups (broad SMARTS) is 1. The summed E-state index contributed by atoms with van der Waals surface area (Å²) < 4.78 is 8.11. The third-order valence-electron chi connectivity index (χ3n) is 14.5. The highest BCUT2D eigenvalue weighted by atomic mass is 16.5. The quantitative estimate of drug-likeness (QED) is 0.300. The van der Waals surface area contributed by atoms with Crippen LogP contribution in [-0.4, -0.2) is 28.9 Å². The van der Waals surface area contributed by atoms with Crippen LogP contribution in [0, 0.1) is 50.2 Å². The van der Waals surface area contributed by atoms with Gasteiger partial charge in [-0.25, -0.2) is 9.36 Å². The predicted molar refractivity (Wildman–Crippen MR) is 164 cm³/mol. The first-order chi connectivity index (χ1) is 19.9. The van der Waals surface area contributed by atoms with E-state index in [1.54, 1.807) is 12.3 Å². The van der Waals surface area contributed by atoms with Crippen molar-refractivity contribution in [2.75, 3.05) is 0 Å². The molecule has 0 saturated heterocycles. The lowest BCUT2D eigenvalue weighted by atomic mass is 9.33. The molecule has 0 spiro atoms. The van der Waals surface area contributed by atoms with Gasteiger partial charge in [-0.15, -0.1) is 0 Å². The molecule has 1 heterocycles. The van der Waals surface area contributed by atoms with E-state index in [0.29, 0.717) is 18.4 Å². The van der Waals surface area contributed by atoms with Crippen molar-refractivity contribution < 1.29 is 28.8 Å². The Balaban J connectivity index is 1.34. The van der Waals surface area contributed by atoms with Gasteiger partial charge in [-0.3, -0.25) is 9.59 Å². The molecule has 0 radical (unpaired) electrons. The number of aliphatic carboxylic acids is 1. The maximum atomic E-state index is 14.6. The van der Waals surface area contributed by atoms with Crippen LogP contribution >= 0.6 is 0 Å². The van der Waals surface area contributed by atoms with Gasteiger partial charge in [0.2, 0.25) is 0 Å². The first-order valence-electron chi connectivity index (χ1n) is 16.6.